The molecule has 2 nitrogen and oxygen atoms in total. The summed E-state index contributed by atoms with van der Waals surface area (Å²) < 4.78 is 0. The highest BCUT2D eigenvalue weighted by Gasteiger charge is 2.65. The summed E-state index contributed by atoms with van der Waals surface area (Å²) in [5.41, 5.74) is 14.5. The van der Waals surface area contributed by atoms with Gasteiger partial charge in [0, 0.05) is 11.6 Å². The monoisotopic (exact) mass is 278 g/mol. The van der Waals surface area contributed by atoms with Crippen LogP contribution >= 0.6 is 0 Å². The van der Waals surface area contributed by atoms with Crippen molar-refractivity contribution in [3.8, 4) is 0 Å². The average molecular weight is 278 g/mol. The quantitative estimate of drug-likeness (QED) is 0.722. The number of hydrogen-bond acceptors (Lipinski definition) is 2. The topological polar surface area (TPSA) is 52.0 Å². The molecule has 4 fully saturated rings. The summed E-state index contributed by atoms with van der Waals surface area (Å²) in [4.78, 5) is 0. The van der Waals surface area contributed by atoms with Gasteiger partial charge in [-0.15, -0.1) is 0 Å². The minimum atomic E-state index is -0.0409. The Morgan fingerprint density at radius 3 is 2.45 bits per heavy atom. The maximum absolute atomic E-state index is 6.84. The molecule has 0 saturated heterocycles. The van der Waals surface area contributed by atoms with Crippen molar-refractivity contribution in [2.24, 2.45) is 28.2 Å². The third-order valence-electron chi connectivity index (χ3n) is 6.85. The second-order valence-electron chi connectivity index (χ2n) is 8.61. The first-order chi connectivity index (χ1) is 9.48. The number of nitrogens with two attached hydrogens (primary N) is 2. The Morgan fingerprint density at radius 1 is 0.950 bits per heavy atom. The van der Waals surface area contributed by atoms with E-state index in [2.05, 4.69) is 13.8 Å². The summed E-state index contributed by atoms with van der Waals surface area (Å²) in [6.07, 6.45) is 14.7. The van der Waals surface area contributed by atoms with Crippen LogP contribution in [-0.2, 0) is 0 Å². The van der Waals surface area contributed by atoms with E-state index in [-0.39, 0.29) is 11.6 Å². The van der Waals surface area contributed by atoms with Gasteiger partial charge in [0.05, 0.1) is 0 Å². The van der Waals surface area contributed by atoms with Crippen LogP contribution < -0.4 is 11.5 Å². The van der Waals surface area contributed by atoms with Gasteiger partial charge < -0.3 is 11.5 Å². The lowest BCUT2D eigenvalue weighted by molar-refractivity contribution is -0.143. The van der Waals surface area contributed by atoms with E-state index in [0.717, 1.165) is 5.92 Å². The Bertz CT molecular complexity index is 368. The Kier molecular flexibility index (Phi) is 3.70. The minimum absolute atomic E-state index is 0.0409. The van der Waals surface area contributed by atoms with Crippen LogP contribution in [0.25, 0.3) is 0 Å². The molecule has 0 aliphatic heterocycles. The normalized spacial score (nSPS) is 49.8. The van der Waals surface area contributed by atoms with Crippen molar-refractivity contribution in [1.82, 2.24) is 0 Å². The summed E-state index contributed by atoms with van der Waals surface area (Å²) in [6, 6.07) is 0.255. The van der Waals surface area contributed by atoms with Gasteiger partial charge in [0.2, 0.25) is 0 Å². The Balaban J connectivity index is 1.85. The van der Waals surface area contributed by atoms with Gasteiger partial charge in [-0.3, -0.25) is 0 Å². The van der Waals surface area contributed by atoms with Gasteiger partial charge in [-0.2, -0.15) is 0 Å². The first-order valence-corrected chi connectivity index (χ1v) is 9.02. The molecule has 0 spiro atoms. The maximum Gasteiger partial charge on any atom is 0.0321 e. The molecule has 2 heteroatoms. The van der Waals surface area contributed by atoms with Crippen molar-refractivity contribution in [2.75, 3.05) is 0 Å². The molecule has 4 aliphatic rings. The third kappa shape index (κ3) is 2.14. The van der Waals surface area contributed by atoms with Crippen LogP contribution in [0.15, 0.2) is 0 Å². The molecular formula is C18H34N2. The van der Waals surface area contributed by atoms with Crippen LogP contribution in [-0.4, -0.2) is 11.6 Å². The molecular weight excluding hydrogens is 244 g/mol. The van der Waals surface area contributed by atoms with Crippen molar-refractivity contribution in [2.45, 2.75) is 96.1 Å². The van der Waals surface area contributed by atoms with E-state index in [1.165, 1.54) is 70.6 Å². The summed E-state index contributed by atoms with van der Waals surface area (Å²) >= 11 is 0. The molecule has 0 amide bonds. The average Bonchev–Trinajstić information content (AvgIpc) is 2.35. The van der Waals surface area contributed by atoms with Gasteiger partial charge >= 0.3 is 0 Å². The van der Waals surface area contributed by atoms with Crippen molar-refractivity contribution in [1.29, 1.82) is 0 Å². The largest absolute Gasteiger partial charge is 0.326 e. The fraction of sp³-hybridized carbons (Fsp3) is 1.00. The molecule has 4 aliphatic carbocycles. The van der Waals surface area contributed by atoms with Crippen LogP contribution in [0.3, 0.4) is 0 Å². The van der Waals surface area contributed by atoms with Gasteiger partial charge in [-0.25, -0.2) is 0 Å². The zero-order valence-electron chi connectivity index (χ0n) is 13.6. The van der Waals surface area contributed by atoms with Gasteiger partial charge in [-0.1, -0.05) is 39.5 Å². The van der Waals surface area contributed by atoms with Crippen LogP contribution in [0.2, 0.25) is 0 Å². The Morgan fingerprint density at radius 2 is 1.75 bits per heavy atom. The standard InChI is InChI=1S/C18H34N2/c1-3-5-6-8-16-9-14-10-17(12-16,7-4-2)15(19)18(20,11-14)13-16/h14-15H,3-13,19-20H2,1-2H3. The zero-order valence-corrected chi connectivity index (χ0v) is 13.6. The van der Waals surface area contributed by atoms with E-state index < -0.39 is 0 Å². The Hall–Kier alpha value is -0.0800. The van der Waals surface area contributed by atoms with Crippen molar-refractivity contribution >= 4 is 0 Å². The lowest BCUT2D eigenvalue weighted by Crippen LogP contribution is -2.75. The van der Waals surface area contributed by atoms with Gasteiger partial charge in [0.25, 0.3) is 0 Å². The van der Waals surface area contributed by atoms with Crippen LogP contribution in [0.5, 0.6) is 0 Å². The first-order valence-electron chi connectivity index (χ1n) is 9.02. The molecule has 116 valence electrons. The van der Waals surface area contributed by atoms with E-state index in [1.54, 1.807) is 0 Å². The fourth-order valence-corrected chi connectivity index (χ4v) is 6.69. The first kappa shape index (κ1) is 14.8. The van der Waals surface area contributed by atoms with Gasteiger partial charge in [0.1, 0.15) is 0 Å². The van der Waals surface area contributed by atoms with Gasteiger partial charge in [0.15, 0.2) is 0 Å². The minimum Gasteiger partial charge on any atom is -0.326 e. The van der Waals surface area contributed by atoms with E-state index in [1.807, 2.05) is 0 Å². The molecule has 0 aromatic rings. The summed E-state index contributed by atoms with van der Waals surface area (Å²) in [7, 11) is 0. The maximum atomic E-state index is 6.84. The van der Waals surface area contributed by atoms with E-state index in [0.29, 0.717) is 10.8 Å². The molecule has 4 N–H and O–H groups in total. The smallest absolute Gasteiger partial charge is 0.0321 e. The SMILES string of the molecule is CCCCCC12CC3CC(N)(C1)C(N)C(CCC)(C3)C2. The number of hydrogen-bond donors (Lipinski definition) is 2. The van der Waals surface area contributed by atoms with E-state index in [4.69, 9.17) is 11.5 Å². The van der Waals surface area contributed by atoms with Crippen molar-refractivity contribution < 1.29 is 0 Å². The highest BCUT2D eigenvalue weighted by Crippen LogP contribution is 2.67. The van der Waals surface area contributed by atoms with Crippen molar-refractivity contribution in [3.63, 3.8) is 0 Å². The number of rotatable bonds is 6. The summed E-state index contributed by atoms with van der Waals surface area (Å²) in [5, 5.41) is 0. The molecule has 5 atom stereocenters. The van der Waals surface area contributed by atoms with Crippen LogP contribution in [0.4, 0.5) is 0 Å². The molecule has 4 bridgehead atoms. The molecule has 0 radical (unpaired) electrons. The predicted octanol–water partition coefficient (Wildman–Crippen LogP) is 3.97. The zero-order chi connectivity index (χ0) is 14.4. The highest BCUT2D eigenvalue weighted by molar-refractivity contribution is 5.21. The third-order valence-corrected chi connectivity index (χ3v) is 6.85. The van der Waals surface area contributed by atoms with Crippen LogP contribution in [0.1, 0.15) is 84.5 Å². The van der Waals surface area contributed by atoms with E-state index in [9.17, 15) is 0 Å². The van der Waals surface area contributed by atoms with Gasteiger partial charge in [-0.05, 0) is 61.7 Å². The summed E-state index contributed by atoms with van der Waals surface area (Å²) in [6.45, 7) is 4.62. The van der Waals surface area contributed by atoms with E-state index >= 15 is 0 Å². The molecule has 4 saturated carbocycles. The molecule has 0 aromatic heterocycles. The molecule has 0 aromatic carbocycles. The molecule has 20 heavy (non-hydrogen) atoms. The lowest BCUT2D eigenvalue weighted by Gasteiger charge is -2.69. The molecule has 4 rings (SSSR count). The second-order valence-corrected chi connectivity index (χ2v) is 8.61. The molecule has 0 heterocycles. The summed E-state index contributed by atoms with van der Waals surface area (Å²) in [5.74, 6) is 0.871. The second kappa shape index (κ2) is 4.98. The van der Waals surface area contributed by atoms with Crippen molar-refractivity contribution in [3.05, 3.63) is 0 Å². The van der Waals surface area contributed by atoms with Crippen LogP contribution in [0, 0.1) is 16.7 Å². The lowest BCUT2D eigenvalue weighted by atomic mass is 9.39. The fourth-order valence-electron chi connectivity index (χ4n) is 6.69. The Labute approximate surface area is 125 Å². The predicted molar refractivity (Wildman–Crippen MR) is 85.4 cm³/mol. The highest BCUT2D eigenvalue weighted by atomic mass is 14.9. The molecule has 5 unspecified atom stereocenters. The number of unbranched alkanes of at least 4 members (excludes halogenated alkanes) is 2.